The van der Waals surface area contributed by atoms with Crippen LogP contribution in [0.1, 0.15) is 38.0 Å². The Labute approximate surface area is 174 Å². The molecule has 0 spiro atoms. The molecule has 158 valence electrons. The van der Waals surface area contributed by atoms with E-state index in [9.17, 15) is 20.0 Å². The topological polar surface area (TPSA) is 135 Å². The molecule has 0 radical (unpaired) electrons. The average molecular weight is 413 g/mol. The maximum Gasteiger partial charge on any atom is 0.408 e. The van der Waals surface area contributed by atoms with Crippen molar-refractivity contribution in [3.8, 4) is 11.8 Å². The molecule has 2 N–H and O–H groups in total. The van der Waals surface area contributed by atoms with E-state index in [-0.39, 0.29) is 12.3 Å². The van der Waals surface area contributed by atoms with E-state index in [1.807, 2.05) is 6.07 Å². The highest BCUT2D eigenvalue weighted by molar-refractivity contribution is 5.68. The maximum absolute atomic E-state index is 12.2. The molecule has 0 unspecified atom stereocenters. The lowest BCUT2D eigenvalue weighted by Gasteiger charge is -2.27. The number of hydrogen-bond donors (Lipinski definition) is 2. The minimum atomic E-state index is -1.22. The molecule has 0 saturated heterocycles. The van der Waals surface area contributed by atoms with Crippen LogP contribution in [-0.4, -0.2) is 34.4 Å². The largest absolute Gasteiger partial charge is 0.491 e. The highest BCUT2D eigenvalue weighted by Gasteiger charge is 2.27. The van der Waals surface area contributed by atoms with Gasteiger partial charge < -0.3 is 19.9 Å². The molecule has 1 amide bonds. The average Bonchev–Trinajstić information content (AvgIpc) is 2.69. The molecule has 0 heterocycles. The van der Waals surface area contributed by atoms with E-state index >= 15 is 0 Å². The molecule has 2 atom stereocenters. The summed E-state index contributed by atoms with van der Waals surface area (Å²) in [6, 6.07) is 12.9. The first-order chi connectivity index (χ1) is 14.1. The number of ether oxygens (including phenoxy) is 2. The van der Waals surface area contributed by atoms with Crippen LogP contribution in [-0.2, 0) is 4.74 Å². The van der Waals surface area contributed by atoms with Crippen molar-refractivity contribution in [3.05, 3.63) is 69.8 Å². The van der Waals surface area contributed by atoms with Gasteiger partial charge in [0.2, 0.25) is 0 Å². The number of benzene rings is 2. The summed E-state index contributed by atoms with van der Waals surface area (Å²) in [6.45, 7) is 4.99. The van der Waals surface area contributed by atoms with Crippen molar-refractivity contribution < 1.29 is 24.3 Å². The van der Waals surface area contributed by atoms with E-state index in [0.717, 1.165) is 0 Å². The zero-order chi connectivity index (χ0) is 22.3. The van der Waals surface area contributed by atoms with E-state index in [0.29, 0.717) is 16.9 Å². The molecular weight excluding hydrogens is 390 g/mol. The van der Waals surface area contributed by atoms with Gasteiger partial charge in [-0.2, -0.15) is 5.26 Å². The van der Waals surface area contributed by atoms with Gasteiger partial charge in [0, 0.05) is 12.1 Å². The molecule has 9 heteroatoms. The summed E-state index contributed by atoms with van der Waals surface area (Å²) in [5.41, 5.74) is -0.0992. The van der Waals surface area contributed by atoms with Gasteiger partial charge in [0.25, 0.3) is 5.69 Å². The van der Waals surface area contributed by atoms with Crippen molar-refractivity contribution in [3.63, 3.8) is 0 Å². The van der Waals surface area contributed by atoms with E-state index in [4.69, 9.17) is 14.7 Å². The fourth-order valence-electron chi connectivity index (χ4n) is 2.54. The second-order valence-electron chi connectivity index (χ2n) is 7.50. The van der Waals surface area contributed by atoms with Crippen molar-refractivity contribution in [1.82, 2.24) is 5.32 Å². The minimum absolute atomic E-state index is 0.118. The van der Waals surface area contributed by atoms with Crippen molar-refractivity contribution in [2.24, 2.45) is 0 Å². The first kappa shape index (κ1) is 22.6. The quantitative estimate of drug-likeness (QED) is 0.524. The fourth-order valence-corrected chi connectivity index (χ4v) is 2.54. The number of nitro benzene ring substituents is 1. The lowest BCUT2D eigenvalue weighted by atomic mass is 10.0. The van der Waals surface area contributed by atoms with Crippen molar-refractivity contribution >= 4 is 11.8 Å². The SMILES string of the molecule is CC(C)(C)OC(=O)N[C@H](COc1cccc(C#N)c1)[C@H](O)c1ccc([N+](=O)[O-])cc1. The molecule has 2 aromatic rings. The Hall–Kier alpha value is -3.64. The molecule has 0 bridgehead atoms. The molecule has 0 fully saturated rings. The van der Waals surface area contributed by atoms with Crippen LogP contribution in [0.3, 0.4) is 0 Å². The number of aliphatic hydroxyl groups excluding tert-OH is 1. The lowest BCUT2D eigenvalue weighted by Crippen LogP contribution is -2.45. The zero-order valence-corrected chi connectivity index (χ0v) is 16.9. The van der Waals surface area contributed by atoms with Gasteiger partial charge in [-0.25, -0.2) is 4.79 Å². The Morgan fingerprint density at radius 3 is 2.50 bits per heavy atom. The van der Waals surface area contributed by atoms with Gasteiger partial charge in [0.1, 0.15) is 24.1 Å². The predicted molar refractivity (Wildman–Crippen MR) is 108 cm³/mol. The van der Waals surface area contributed by atoms with E-state index < -0.39 is 28.8 Å². The minimum Gasteiger partial charge on any atom is -0.491 e. The highest BCUT2D eigenvalue weighted by Crippen LogP contribution is 2.22. The molecule has 0 aromatic heterocycles. The summed E-state index contributed by atoms with van der Waals surface area (Å²) >= 11 is 0. The van der Waals surface area contributed by atoms with Crippen molar-refractivity contribution in [1.29, 1.82) is 5.26 Å². The molecule has 30 heavy (non-hydrogen) atoms. The summed E-state index contributed by atoms with van der Waals surface area (Å²) in [7, 11) is 0. The predicted octanol–water partition coefficient (Wildman–Crippen LogP) is 3.47. The number of nitriles is 1. The van der Waals surface area contributed by atoms with Crippen molar-refractivity contribution in [2.75, 3.05) is 6.61 Å². The first-order valence-electron chi connectivity index (χ1n) is 9.14. The van der Waals surface area contributed by atoms with Crippen LogP contribution >= 0.6 is 0 Å². The standard InChI is InChI=1S/C21H23N3O6/c1-21(2,3)30-20(26)23-18(13-29-17-6-4-5-14(11-17)12-22)19(25)15-7-9-16(10-8-15)24(27)28/h4-11,18-19,25H,13H2,1-3H3,(H,23,26)/t18-,19-/m1/s1. The maximum atomic E-state index is 12.2. The van der Waals surface area contributed by atoms with Crippen LogP contribution < -0.4 is 10.1 Å². The van der Waals surface area contributed by atoms with E-state index in [1.165, 1.54) is 30.3 Å². The summed E-state index contributed by atoms with van der Waals surface area (Å²) in [6.07, 6.45) is -1.97. The number of carbonyl (C=O) groups is 1. The molecule has 2 rings (SSSR count). The lowest BCUT2D eigenvalue weighted by molar-refractivity contribution is -0.384. The van der Waals surface area contributed by atoms with Crippen LogP contribution in [0.2, 0.25) is 0 Å². The molecule has 9 nitrogen and oxygen atoms in total. The van der Waals surface area contributed by atoms with Gasteiger partial charge in [-0.1, -0.05) is 6.07 Å². The highest BCUT2D eigenvalue weighted by atomic mass is 16.6. The number of aliphatic hydroxyl groups is 1. The summed E-state index contributed by atoms with van der Waals surface area (Å²) in [5.74, 6) is 0.390. The van der Waals surface area contributed by atoms with Gasteiger partial charge in [-0.3, -0.25) is 10.1 Å². The Morgan fingerprint density at radius 2 is 1.93 bits per heavy atom. The van der Waals surface area contributed by atoms with Gasteiger partial charge in [-0.05, 0) is 56.7 Å². The third-order valence-electron chi connectivity index (χ3n) is 3.92. The second kappa shape index (κ2) is 9.71. The number of non-ortho nitro benzene ring substituents is 1. The molecule has 2 aromatic carbocycles. The van der Waals surface area contributed by atoms with Crippen LogP contribution in [0.25, 0.3) is 0 Å². The molecule has 0 aliphatic carbocycles. The van der Waals surface area contributed by atoms with Gasteiger partial charge in [-0.15, -0.1) is 0 Å². The van der Waals surface area contributed by atoms with Gasteiger partial charge in [0.05, 0.1) is 22.6 Å². The summed E-state index contributed by atoms with van der Waals surface area (Å²) in [4.78, 5) is 22.5. The third kappa shape index (κ3) is 6.76. The van der Waals surface area contributed by atoms with E-state index in [1.54, 1.807) is 39.0 Å². The molecular formula is C21H23N3O6. The number of carbonyl (C=O) groups excluding carboxylic acids is 1. The number of rotatable bonds is 7. The molecule has 0 aliphatic heterocycles. The number of nitrogens with one attached hydrogen (secondary N) is 1. The number of hydrogen-bond acceptors (Lipinski definition) is 7. The second-order valence-corrected chi connectivity index (χ2v) is 7.50. The van der Waals surface area contributed by atoms with Crippen molar-refractivity contribution in [2.45, 2.75) is 38.5 Å². The Bertz CT molecular complexity index is 931. The van der Waals surface area contributed by atoms with E-state index in [2.05, 4.69) is 5.32 Å². The van der Waals surface area contributed by atoms with Crippen LogP contribution in [0.15, 0.2) is 48.5 Å². The summed E-state index contributed by atoms with van der Waals surface area (Å²) < 4.78 is 10.9. The van der Waals surface area contributed by atoms with Crippen LogP contribution in [0.4, 0.5) is 10.5 Å². The normalized spacial score (nSPS) is 12.9. The Morgan fingerprint density at radius 1 is 1.27 bits per heavy atom. The zero-order valence-electron chi connectivity index (χ0n) is 16.9. The number of nitrogens with zero attached hydrogens (tertiary/aromatic N) is 2. The number of amides is 1. The van der Waals surface area contributed by atoms with Gasteiger partial charge in [0.15, 0.2) is 0 Å². The van der Waals surface area contributed by atoms with Crippen LogP contribution in [0, 0.1) is 21.4 Å². The van der Waals surface area contributed by atoms with Crippen LogP contribution in [0.5, 0.6) is 5.75 Å². The number of nitro groups is 1. The smallest absolute Gasteiger partial charge is 0.408 e. The molecule has 0 saturated carbocycles. The number of alkyl carbamates (subject to hydrolysis) is 1. The Kier molecular flexibility index (Phi) is 7.33. The third-order valence-corrected chi connectivity index (χ3v) is 3.92. The van der Waals surface area contributed by atoms with Gasteiger partial charge >= 0.3 is 6.09 Å². The summed E-state index contributed by atoms with van der Waals surface area (Å²) in [5, 5.41) is 33.2. The molecule has 0 aliphatic rings. The monoisotopic (exact) mass is 413 g/mol. The Balaban J connectivity index is 2.19. The first-order valence-corrected chi connectivity index (χ1v) is 9.14. The fraction of sp³-hybridized carbons (Fsp3) is 0.333.